The third-order valence-corrected chi connectivity index (χ3v) is 3.32. The minimum atomic E-state index is -3.32. The molecule has 0 spiro atoms. The smallest absolute Gasteiger partial charge is 0.305 e. The van der Waals surface area contributed by atoms with E-state index >= 15 is 0 Å². The molecule has 0 saturated carbocycles. The van der Waals surface area contributed by atoms with Crippen LogP contribution < -0.4 is 5.32 Å². The molecule has 0 heterocycles. The minimum absolute atomic E-state index is 0.0713. The van der Waals surface area contributed by atoms with Gasteiger partial charge in [0.05, 0.1) is 17.0 Å². The van der Waals surface area contributed by atoms with Gasteiger partial charge in [0.1, 0.15) is 0 Å². The highest BCUT2D eigenvalue weighted by molar-refractivity contribution is 7.90. The Balaban J connectivity index is 2.96. The van der Waals surface area contributed by atoms with Gasteiger partial charge in [0, 0.05) is 12.3 Å². The van der Waals surface area contributed by atoms with Crippen molar-refractivity contribution < 1.29 is 18.3 Å². The molecule has 1 unspecified atom stereocenters. The lowest BCUT2D eigenvalue weighted by Gasteiger charge is -2.15. The van der Waals surface area contributed by atoms with Gasteiger partial charge in [-0.1, -0.05) is 12.1 Å². The second kappa shape index (κ2) is 5.18. The van der Waals surface area contributed by atoms with Gasteiger partial charge in [0.25, 0.3) is 0 Å². The normalized spacial score (nSPS) is 13.1. The maximum atomic E-state index is 11.5. The average molecular weight is 257 g/mol. The molecule has 2 N–H and O–H groups in total. The molecular weight excluding hydrogens is 242 g/mol. The molecule has 0 aliphatic carbocycles. The van der Waals surface area contributed by atoms with Crippen molar-refractivity contribution in [3.63, 3.8) is 0 Å². The van der Waals surface area contributed by atoms with Crippen molar-refractivity contribution in [2.45, 2.75) is 24.3 Å². The Hall–Kier alpha value is -1.56. The monoisotopic (exact) mass is 257 g/mol. The standard InChI is InChI=1S/C11H15NO4S/c1-8(7-11(13)14)12-9-5-3-4-6-10(9)17(2,15)16/h3-6,8,12H,7H2,1-2H3,(H,13,14). The summed E-state index contributed by atoms with van der Waals surface area (Å²) in [6.07, 6.45) is 1.05. The van der Waals surface area contributed by atoms with Crippen LogP contribution in [0.5, 0.6) is 0 Å². The van der Waals surface area contributed by atoms with E-state index < -0.39 is 15.8 Å². The zero-order valence-electron chi connectivity index (χ0n) is 9.67. The molecule has 94 valence electrons. The largest absolute Gasteiger partial charge is 0.481 e. The number of nitrogens with one attached hydrogen (secondary N) is 1. The number of hydrogen-bond acceptors (Lipinski definition) is 4. The molecule has 5 nitrogen and oxygen atoms in total. The van der Waals surface area contributed by atoms with E-state index in [1.807, 2.05) is 0 Å². The number of para-hydroxylation sites is 1. The molecule has 0 aromatic heterocycles. The summed E-state index contributed by atoms with van der Waals surface area (Å²) >= 11 is 0. The van der Waals surface area contributed by atoms with Gasteiger partial charge in [0.2, 0.25) is 0 Å². The molecule has 1 aromatic carbocycles. The van der Waals surface area contributed by atoms with Gasteiger partial charge in [-0.15, -0.1) is 0 Å². The molecule has 17 heavy (non-hydrogen) atoms. The maximum Gasteiger partial charge on any atom is 0.305 e. The summed E-state index contributed by atoms with van der Waals surface area (Å²) in [4.78, 5) is 10.7. The van der Waals surface area contributed by atoms with Crippen molar-refractivity contribution in [2.24, 2.45) is 0 Å². The molecular formula is C11H15NO4S. The predicted octanol–water partition coefficient (Wildman–Crippen LogP) is 1.37. The first-order chi connectivity index (χ1) is 7.80. The number of sulfone groups is 1. The van der Waals surface area contributed by atoms with Gasteiger partial charge in [-0.25, -0.2) is 8.42 Å². The molecule has 0 fully saturated rings. The van der Waals surface area contributed by atoms with Crippen molar-refractivity contribution in [3.8, 4) is 0 Å². The van der Waals surface area contributed by atoms with Gasteiger partial charge in [-0.3, -0.25) is 4.79 Å². The highest BCUT2D eigenvalue weighted by Crippen LogP contribution is 2.21. The van der Waals surface area contributed by atoms with Crippen LogP contribution in [0.25, 0.3) is 0 Å². The summed E-state index contributed by atoms with van der Waals surface area (Å²) in [5, 5.41) is 11.5. The molecule has 1 atom stereocenters. The van der Waals surface area contributed by atoms with Gasteiger partial charge < -0.3 is 10.4 Å². The Morgan fingerprint density at radius 1 is 1.41 bits per heavy atom. The van der Waals surface area contributed by atoms with Crippen LogP contribution in [0, 0.1) is 0 Å². The van der Waals surface area contributed by atoms with E-state index in [-0.39, 0.29) is 17.4 Å². The fourth-order valence-corrected chi connectivity index (χ4v) is 2.34. The Morgan fingerprint density at radius 3 is 2.53 bits per heavy atom. The van der Waals surface area contributed by atoms with Crippen LogP contribution in [-0.4, -0.2) is 31.8 Å². The Bertz CT molecular complexity index is 510. The predicted molar refractivity (Wildman–Crippen MR) is 64.9 cm³/mol. The summed E-state index contributed by atoms with van der Waals surface area (Å²) in [5.41, 5.74) is 0.434. The van der Waals surface area contributed by atoms with E-state index in [0.717, 1.165) is 6.26 Å². The fourth-order valence-electron chi connectivity index (χ4n) is 1.49. The molecule has 0 radical (unpaired) electrons. The van der Waals surface area contributed by atoms with Crippen LogP contribution in [0.2, 0.25) is 0 Å². The number of carbonyl (C=O) groups is 1. The van der Waals surface area contributed by atoms with Crippen LogP contribution >= 0.6 is 0 Å². The topological polar surface area (TPSA) is 83.5 Å². The molecule has 0 amide bonds. The number of aliphatic carboxylic acids is 1. The quantitative estimate of drug-likeness (QED) is 0.832. The minimum Gasteiger partial charge on any atom is -0.481 e. The number of benzene rings is 1. The molecule has 0 saturated heterocycles. The zero-order chi connectivity index (χ0) is 13.1. The van der Waals surface area contributed by atoms with Crippen LogP contribution in [0.1, 0.15) is 13.3 Å². The SMILES string of the molecule is CC(CC(=O)O)Nc1ccccc1S(C)(=O)=O. The van der Waals surface area contributed by atoms with Gasteiger partial charge in [0.15, 0.2) is 9.84 Å². The Labute approximate surface area is 100 Å². The number of rotatable bonds is 5. The van der Waals surface area contributed by atoms with E-state index in [0.29, 0.717) is 5.69 Å². The zero-order valence-corrected chi connectivity index (χ0v) is 10.5. The van der Waals surface area contributed by atoms with Crippen LogP contribution in [-0.2, 0) is 14.6 Å². The lowest BCUT2D eigenvalue weighted by Crippen LogP contribution is -2.20. The first-order valence-electron chi connectivity index (χ1n) is 5.08. The second-order valence-corrected chi connectivity index (χ2v) is 5.90. The summed E-state index contributed by atoms with van der Waals surface area (Å²) in [6, 6.07) is 6.10. The number of carboxylic acid groups (broad SMARTS) is 1. The van der Waals surface area contributed by atoms with Crippen LogP contribution in [0.15, 0.2) is 29.2 Å². The lowest BCUT2D eigenvalue weighted by molar-refractivity contribution is -0.137. The second-order valence-electron chi connectivity index (χ2n) is 3.91. The van der Waals surface area contributed by atoms with Crippen molar-refractivity contribution in [2.75, 3.05) is 11.6 Å². The van der Waals surface area contributed by atoms with E-state index in [2.05, 4.69) is 5.32 Å². The van der Waals surface area contributed by atoms with Crippen molar-refractivity contribution in [3.05, 3.63) is 24.3 Å². The summed E-state index contributed by atoms with van der Waals surface area (Å²) in [7, 11) is -3.32. The highest BCUT2D eigenvalue weighted by Gasteiger charge is 2.15. The summed E-state index contributed by atoms with van der Waals surface area (Å²) in [5.74, 6) is -0.929. The van der Waals surface area contributed by atoms with Crippen molar-refractivity contribution >= 4 is 21.5 Å². The lowest BCUT2D eigenvalue weighted by atomic mass is 10.2. The van der Waals surface area contributed by atoms with E-state index in [4.69, 9.17) is 5.11 Å². The Morgan fingerprint density at radius 2 is 2.00 bits per heavy atom. The third kappa shape index (κ3) is 4.07. The Kier molecular flexibility index (Phi) is 4.11. The number of carboxylic acids is 1. The van der Waals surface area contributed by atoms with Crippen molar-refractivity contribution in [1.82, 2.24) is 0 Å². The average Bonchev–Trinajstić information content (AvgIpc) is 2.15. The van der Waals surface area contributed by atoms with Crippen LogP contribution in [0.3, 0.4) is 0 Å². The van der Waals surface area contributed by atoms with Gasteiger partial charge in [-0.2, -0.15) is 0 Å². The molecule has 1 aromatic rings. The van der Waals surface area contributed by atoms with Crippen LogP contribution in [0.4, 0.5) is 5.69 Å². The number of anilines is 1. The van der Waals surface area contributed by atoms with E-state index in [9.17, 15) is 13.2 Å². The van der Waals surface area contributed by atoms with E-state index in [1.165, 1.54) is 6.07 Å². The molecule has 1 rings (SSSR count). The molecule has 0 aliphatic heterocycles. The number of hydrogen-bond donors (Lipinski definition) is 2. The highest BCUT2D eigenvalue weighted by atomic mass is 32.2. The maximum absolute atomic E-state index is 11.5. The molecule has 6 heteroatoms. The van der Waals surface area contributed by atoms with E-state index in [1.54, 1.807) is 25.1 Å². The first kappa shape index (κ1) is 13.5. The summed E-state index contributed by atoms with van der Waals surface area (Å²) < 4.78 is 23.0. The van der Waals surface area contributed by atoms with Gasteiger partial charge in [-0.05, 0) is 19.1 Å². The van der Waals surface area contributed by atoms with Gasteiger partial charge >= 0.3 is 5.97 Å². The molecule has 0 aliphatic rings. The fraction of sp³-hybridized carbons (Fsp3) is 0.364. The molecule has 0 bridgehead atoms. The first-order valence-corrected chi connectivity index (χ1v) is 6.97. The third-order valence-electron chi connectivity index (χ3n) is 2.17. The van der Waals surface area contributed by atoms with Crippen molar-refractivity contribution in [1.29, 1.82) is 0 Å². The summed E-state index contributed by atoms with van der Waals surface area (Å²) in [6.45, 7) is 1.69.